The molecule has 0 aliphatic carbocycles. The zero-order valence-corrected chi connectivity index (χ0v) is 16.1. The summed E-state index contributed by atoms with van der Waals surface area (Å²) in [5.41, 5.74) is 6.46. The maximum absolute atomic E-state index is 12.4. The summed E-state index contributed by atoms with van der Waals surface area (Å²) in [6.07, 6.45) is 0.773. The quantitative estimate of drug-likeness (QED) is 0.655. The third-order valence-electron chi connectivity index (χ3n) is 4.51. The van der Waals surface area contributed by atoms with Gasteiger partial charge in [-0.05, 0) is 49.1 Å². The van der Waals surface area contributed by atoms with E-state index in [1.165, 1.54) is 11.1 Å². The summed E-state index contributed by atoms with van der Waals surface area (Å²) < 4.78 is 5.83. The van der Waals surface area contributed by atoms with Gasteiger partial charge in [-0.25, -0.2) is 0 Å². The molecule has 1 N–H and O–H groups in total. The Morgan fingerprint density at radius 1 is 0.889 bits per heavy atom. The van der Waals surface area contributed by atoms with Gasteiger partial charge in [-0.1, -0.05) is 66.2 Å². The van der Waals surface area contributed by atoms with Gasteiger partial charge in [-0.2, -0.15) is 0 Å². The van der Waals surface area contributed by atoms with Crippen LogP contribution < -0.4 is 10.1 Å². The molecular formula is C24H25NO2. The molecule has 0 saturated carbocycles. The molecule has 0 spiro atoms. The summed E-state index contributed by atoms with van der Waals surface area (Å²) in [5, 5.41) is 2.98. The molecule has 0 bridgehead atoms. The molecule has 0 radical (unpaired) electrons. The van der Waals surface area contributed by atoms with Crippen molar-refractivity contribution in [2.75, 3.05) is 11.9 Å². The third-order valence-corrected chi connectivity index (χ3v) is 4.51. The molecule has 0 atom stereocenters. The van der Waals surface area contributed by atoms with Crippen LogP contribution in [0.2, 0.25) is 0 Å². The summed E-state index contributed by atoms with van der Waals surface area (Å²) in [7, 11) is 0. The Balaban J connectivity index is 1.66. The van der Waals surface area contributed by atoms with Gasteiger partial charge in [-0.3, -0.25) is 4.79 Å². The van der Waals surface area contributed by atoms with Gasteiger partial charge < -0.3 is 10.1 Å². The Labute approximate surface area is 161 Å². The summed E-state index contributed by atoms with van der Waals surface area (Å²) in [5.74, 6) is 0.591. The summed E-state index contributed by atoms with van der Waals surface area (Å²) in [6.45, 7) is 6.05. The first-order valence-corrected chi connectivity index (χ1v) is 9.15. The molecule has 3 heteroatoms. The lowest BCUT2D eigenvalue weighted by Gasteiger charge is -2.14. The Morgan fingerprint density at radius 2 is 1.52 bits per heavy atom. The van der Waals surface area contributed by atoms with E-state index in [1.54, 1.807) is 0 Å². The predicted octanol–water partition coefficient (Wildman–Crippen LogP) is 5.22. The van der Waals surface area contributed by atoms with E-state index < -0.39 is 0 Å². The average molecular weight is 359 g/mol. The molecule has 0 heterocycles. The minimum Gasteiger partial charge on any atom is -0.483 e. The topological polar surface area (TPSA) is 38.3 Å². The zero-order valence-electron chi connectivity index (χ0n) is 16.1. The van der Waals surface area contributed by atoms with E-state index in [1.807, 2.05) is 56.3 Å². The Hall–Kier alpha value is -3.07. The van der Waals surface area contributed by atoms with Crippen molar-refractivity contribution in [2.45, 2.75) is 27.2 Å². The van der Waals surface area contributed by atoms with Crippen LogP contribution in [-0.2, 0) is 11.2 Å². The van der Waals surface area contributed by atoms with Crippen molar-refractivity contribution in [3.05, 3.63) is 94.5 Å². The maximum Gasteiger partial charge on any atom is 0.262 e. The second kappa shape index (κ2) is 8.54. The lowest BCUT2D eigenvalue weighted by molar-refractivity contribution is -0.118. The smallest absolute Gasteiger partial charge is 0.262 e. The van der Waals surface area contributed by atoms with Crippen LogP contribution in [0.3, 0.4) is 0 Å². The van der Waals surface area contributed by atoms with Crippen LogP contribution in [0, 0.1) is 20.8 Å². The van der Waals surface area contributed by atoms with Crippen molar-refractivity contribution >= 4 is 11.6 Å². The van der Waals surface area contributed by atoms with Crippen molar-refractivity contribution in [2.24, 2.45) is 0 Å². The van der Waals surface area contributed by atoms with Gasteiger partial charge >= 0.3 is 0 Å². The molecule has 27 heavy (non-hydrogen) atoms. The normalized spacial score (nSPS) is 10.5. The van der Waals surface area contributed by atoms with E-state index in [0.717, 1.165) is 34.5 Å². The van der Waals surface area contributed by atoms with E-state index in [2.05, 4.69) is 36.5 Å². The highest BCUT2D eigenvalue weighted by Gasteiger charge is 2.11. The van der Waals surface area contributed by atoms with Crippen LogP contribution in [0.15, 0.2) is 66.7 Å². The molecule has 3 rings (SSSR count). The fraction of sp³-hybridized carbons (Fsp3) is 0.208. The van der Waals surface area contributed by atoms with E-state index in [9.17, 15) is 4.79 Å². The van der Waals surface area contributed by atoms with Gasteiger partial charge in [0.15, 0.2) is 6.61 Å². The number of aryl methyl sites for hydroxylation is 3. The molecule has 0 fully saturated rings. The molecule has 3 nitrogen and oxygen atoms in total. The molecular weight excluding hydrogens is 334 g/mol. The van der Waals surface area contributed by atoms with Crippen LogP contribution in [0.1, 0.15) is 27.8 Å². The highest BCUT2D eigenvalue weighted by atomic mass is 16.5. The van der Waals surface area contributed by atoms with Crippen molar-refractivity contribution in [1.29, 1.82) is 0 Å². The number of nitrogens with one attached hydrogen (secondary N) is 1. The van der Waals surface area contributed by atoms with Crippen LogP contribution in [0.25, 0.3) is 0 Å². The summed E-state index contributed by atoms with van der Waals surface area (Å²) in [6, 6.07) is 22.2. The third kappa shape index (κ3) is 4.98. The molecule has 138 valence electrons. The van der Waals surface area contributed by atoms with Crippen LogP contribution in [0.4, 0.5) is 5.69 Å². The SMILES string of the molecule is Cc1cc(C)c(NC(=O)COc2ccccc2Cc2ccccc2)c(C)c1. The fourth-order valence-corrected chi connectivity index (χ4v) is 3.30. The van der Waals surface area contributed by atoms with Crippen molar-refractivity contribution < 1.29 is 9.53 Å². The summed E-state index contributed by atoms with van der Waals surface area (Å²) >= 11 is 0. The van der Waals surface area contributed by atoms with Crippen molar-refractivity contribution in [1.82, 2.24) is 0 Å². The predicted molar refractivity (Wildman–Crippen MR) is 110 cm³/mol. The first-order chi connectivity index (χ1) is 13.0. The van der Waals surface area contributed by atoms with Crippen LogP contribution in [0.5, 0.6) is 5.75 Å². The minimum absolute atomic E-state index is 0.0153. The highest BCUT2D eigenvalue weighted by Crippen LogP contribution is 2.23. The first-order valence-electron chi connectivity index (χ1n) is 9.15. The average Bonchev–Trinajstić information content (AvgIpc) is 2.65. The fourth-order valence-electron chi connectivity index (χ4n) is 3.30. The van der Waals surface area contributed by atoms with Gasteiger partial charge in [0, 0.05) is 12.1 Å². The van der Waals surface area contributed by atoms with Gasteiger partial charge in [0.1, 0.15) is 5.75 Å². The number of amides is 1. The molecule has 1 amide bonds. The molecule has 0 aliphatic heterocycles. The highest BCUT2D eigenvalue weighted by molar-refractivity contribution is 5.93. The van der Waals surface area contributed by atoms with E-state index in [0.29, 0.717) is 0 Å². The van der Waals surface area contributed by atoms with Gasteiger partial charge in [0.25, 0.3) is 5.91 Å². The molecule has 0 unspecified atom stereocenters. The second-order valence-corrected chi connectivity index (χ2v) is 6.88. The monoisotopic (exact) mass is 359 g/mol. The largest absolute Gasteiger partial charge is 0.483 e. The number of carbonyl (C=O) groups is 1. The number of hydrogen-bond acceptors (Lipinski definition) is 2. The van der Waals surface area contributed by atoms with Gasteiger partial charge in [-0.15, -0.1) is 0 Å². The Bertz CT molecular complexity index is 909. The molecule has 3 aromatic rings. The van der Waals surface area contributed by atoms with Crippen LogP contribution >= 0.6 is 0 Å². The Kier molecular flexibility index (Phi) is 5.92. The molecule has 0 saturated heterocycles. The summed E-state index contributed by atoms with van der Waals surface area (Å²) in [4.78, 5) is 12.4. The van der Waals surface area contributed by atoms with Crippen molar-refractivity contribution in [3.63, 3.8) is 0 Å². The Morgan fingerprint density at radius 3 is 2.22 bits per heavy atom. The zero-order chi connectivity index (χ0) is 19.2. The minimum atomic E-state index is -0.153. The van der Waals surface area contributed by atoms with Gasteiger partial charge in [0.05, 0.1) is 0 Å². The van der Waals surface area contributed by atoms with E-state index in [-0.39, 0.29) is 12.5 Å². The van der Waals surface area contributed by atoms with Crippen molar-refractivity contribution in [3.8, 4) is 5.75 Å². The molecule has 0 aromatic heterocycles. The lowest BCUT2D eigenvalue weighted by Crippen LogP contribution is -2.21. The number of anilines is 1. The second-order valence-electron chi connectivity index (χ2n) is 6.88. The first kappa shape index (κ1) is 18.7. The number of carbonyl (C=O) groups excluding carboxylic acids is 1. The molecule has 3 aromatic carbocycles. The number of ether oxygens (including phenoxy) is 1. The van der Waals surface area contributed by atoms with Crippen LogP contribution in [-0.4, -0.2) is 12.5 Å². The van der Waals surface area contributed by atoms with E-state index >= 15 is 0 Å². The molecule has 0 aliphatic rings. The number of benzene rings is 3. The number of para-hydroxylation sites is 1. The lowest BCUT2D eigenvalue weighted by atomic mass is 10.0. The standard InChI is InChI=1S/C24H25NO2/c1-17-13-18(2)24(19(3)14-17)25-23(26)16-27-22-12-8-7-11-21(22)15-20-9-5-4-6-10-20/h4-14H,15-16H2,1-3H3,(H,25,26). The van der Waals surface area contributed by atoms with E-state index in [4.69, 9.17) is 4.74 Å². The maximum atomic E-state index is 12.4. The van der Waals surface area contributed by atoms with Gasteiger partial charge in [0.2, 0.25) is 0 Å². The number of hydrogen-bond donors (Lipinski definition) is 1. The number of rotatable bonds is 6.